The summed E-state index contributed by atoms with van der Waals surface area (Å²) in [5.74, 6) is -0.335. The highest BCUT2D eigenvalue weighted by Gasteiger charge is 2.28. The Hall–Kier alpha value is -1.86. The van der Waals surface area contributed by atoms with Crippen LogP contribution in [0.25, 0.3) is 10.9 Å². The van der Waals surface area contributed by atoms with Crippen LogP contribution in [0.3, 0.4) is 0 Å². The molecule has 0 aliphatic heterocycles. The molecule has 0 aliphatic rings. The second-order valence-electron chi connectivity index (χ2n) is 7.77. The predicted octanol–water partition coefficient (Wildman–Crippen LogP) is 2.85. The highest BCUT2D eigenvalue weighted by atomic mass is 32.2. The molecule has 0 saturated carbocycles. The van der Waals surface area contributed by atoms with Crippen LogP contribution in [0.2, 0.25) is 0 Å². The molecule has 1 aromatic heterocycles. The number of fused-ring (bicyclic) bond motifs is 1. The number of carbonyl (C=O) groups is 1. The maximum atomic E-state index is 12.5. The first-order chi connectivity index (χ1) is 12.5. The number of hydrogen-bond donors (Lipinski definition) is 1. The zero-order valence-electron chi connectivity index (χ0n) is 17.0. The SMILES string of the molecule is COCCn1c(C)c(C)c2cc(C(=O)NCCS(=O)(=O)C(C)(C)C)ccc21. The number of benzene rings is 1. The summed E-state index contributed by atoms with van der Waals surface area (Å²) < 4.78 is 30.8. The number of aryl methyl sites for hydroxylation is 1. The minimum atomic E-state index is -3.26. The van der Waals surface area contributed by atoms with Gasteiger partial charge in [0.15, 0.2) is 9.84 Å². The van der Waals surface area contributed by atoms with Crippen molar-refractivity contribution in [2.75, 3.05) is 26.0 Å². The monoisotopic (exact) mass is 394 g/mol. The molecule has 1 amide bonds. The van der Waals surface area contributed by atoms with Gasteiger partial charge in [-0.05, 0) is 58.4 Å². The van der Waals surface area contributed by atoms with Crippen molar-refractivity contribution in [3.63, 3.8) is 0 Å². The van der Waals surface area contributed by atoms with E-state index in [9.17, 15) is 13.2 Å². The van der Waals surface area contributed by atoms with Crippen LogP contribution in [0.1, 0.15) is 42.4 Å². The third kappa shape index (κ3) is 4.52. The van der Waals surface area contributed by atoms with Gasteiger partial charge in [0.2, 0.25) is 0 Å². The van der Waals surface area contributed by atoms with Gasteiger partial charge in [0.25, 0.3) is 5.91 Å². The summed E-state index contributed by atoms with van der Waals surface area (Å²) in [5.41, 5.74) is 3.87. The maximum absolute atomic E-state index is 12.5. The molecule has 0 atom stereocenters. The molecular formula is C20H30N2O4S. The second-order valence-corrected chi connectivity index (χ2v) is 10.6. The fourth-order valence-corrected chi connectivity index (χ4v) is 3.95. The Morgan fingerprint density at radius 2 is 1.89 bits per heavy atom. The fraction of sp³-hybridized carbons (Fsp3) is 0.550. The number of carbonyl (C=O) groups excluding carboxylic acids is 1. The van der Waals surface area contributed by atoms with Crippen molar-refractivity contribution in [2.45, 2.75) is 45.9 Å². The highest BCUT2D eigenvalue weighted by Crippen LogP contribution is 2.26. The first-order valence-corrected chi connectivity index (χ1v) is 10.7. The van der Waals surface area contributed by atoms with E-state index in [1.54, 1.807) is 33.9 Å². The molecule has 2 rings (SSSR count). The molecule has 0 aliphatic carbocycles. The van der Waals surface area contributed by atoms with Crippen LogP contribution in [0, 0.1) is 13.8 Å². The zero-order valence-corrected chi connectivity index (χ0v) is 17.9. The van der Waals surface area contributed by atoms with E-state index >= 15 is 0 Å². The van der Waals surface area contributed by atoms with Crippen molar-refractivity contribution < 1.29 is 17.9 Å². The molecule has 1 heterocycles. The molecule has 0 spiro atoms. The van der Waals surface area contributed by atoms with Gasteiger partial charge in [-0.25, -0.2) is 8.42 Å². The number of rotatable bonds is 7. The van der Waals surface area contributed by atoms with Crippen LogP contribution in [0.4, 0.5) is 0 Å². The summed E-state index contributed by atoms with van der Waals surface area (Å²) in [6.45, 7) is 10.6. The molecule has 0 fully saturated rings. The number of nitrogens with zero attached hydrogens (tertiary/aromatic N) is 1. The number of aromatic nitrogens is 1. The molecule has 0 bridgehead atoms. The average Bonchev–Trinajstić information content (AvgIpc) is 2.82. The van der Waals surface area contributed by atoms with Crippen molar-refractivity contribution in [1.29, 1.82) is 0 Å². The topological polar surface area (TPSA) is 77.4 Å². The Bertz CT molecular complexity index is 937. The van der Waals surface area contributed by atoms with Gasteiger partial charge in [0.05, 0.1) is 17.1 Å². The van der Waals surface area contributed by atoms with Crippen molar-refractivity contribution in [3.05, 3.63) is 35.0 Å². The zero-order chi connectivity index (χ0) is 20.4. The standard InChI is InChI=1S/C20H30N2O4S/c1-14-15(2)22(10-11-26-6)18-8-7-16(13-17(14)18)19(23)21-9-12-27(24,25)20(3,4)5/h7-8,13H,9-12H2,1-6H3,(H,21,23). The van der Waals surface area contributed by atoms with Gasteiger partial charge in [-0.15, -0.1) is 0 Å². The quantitative estimate of drug-likeness (QED) is 0.783. The number of methoxy groups -OCH3 is 1. The lowest BCUT2D eigenvalue weighted by molar-refractivity contribution is 0.0956. The van der Waals surface area contributed by atoms with Gasteiger partial charge < -0.3 is 14.6 Å². The number of hydrogen-bond acceptors (Lipinski definition) is 4. The summed E-state index contributed by atoms with van der Waals surface area (Å²) >= 11 is 0. The molecule has 7 heteroatoms. The van der Waals surface area contributed by atoms with E-state index < -0.39 is 14.6 Å². The van der Waals surface area contributed by atoms with Crippen LogP contribution >= 0.6 is 0 Å². The van der Waals surface area contributed by atoms with E-state index in [0.29, 0.717) is 12.2 Å². The Morgan fingerprint density at radius 3 is 2.48 bits per heavy atom. The van der Waals surface area contributed by atoms with E-state index in [-0.39, 0.29) is 18.2 Å². The molecule has 0 radical (unpaired) electrons. The third-order valence-corrected chi connectivity index (χ3v) is 7.62. The highest BCUT2D eigenvalue weighted by molar-refractivity contribution is 7.92. The summed E-state index contributed by atoms with van der Waals surface area (Å²) in [6, 6.07) is 5.58. The largest absolute Gasteiger partial charge is 0.383 e. The van der Waals surface area contributed by atoms with E-state index in [1.807, 2.05) is 19.1 Å². The van der Waals surface area contributed by atoms with Gasteiger partial charge in [0.1, 0.15) is 0 Å². The molecule has 6 nitrogen and oxygen atoms in total. The van der Waals surface area contributed by atoms with Gasteiger partial charge >= 0.3 is 0 Å². The molecule has 1 N–H and O–H groups in total. The molecule has 2 aromatic rings. The molecule has 0 unspecified atom stereocenters. The van der Waals surface area contributed by atoms with Crippen molar-refractivity contribution in [2.24, 2.45) is 0 Å². The first kappa shape index (κ1) is 21.4. The molecular weight excluding hydrogens is 364 g/mol. The summed E-state index contributed by atoms with van der Waals surface area (Å²) in [7, 11) is -1.58. The van der Waals surface area contributed by atoms with E-state index in [2.05, 4.69) is 16.8 Å². The minimum absolute atomic E-state index is 0.0734. The Kier molecular flexibility index (Phi) is 6.37. The van der Waals surface area contributed by atoms with Crippen LogP contribution in [-0.2, 0) is 21.1 Å². The molecule has 1 aromatic carbocycles. The second kappa shape index (κ2) is 8.02. The van der Waals surface area contributed by atoms with Crippen molar-refractivity contribution in [1.82, 2.24) is 9.88 Å². The van der Waals surface area contributed by atoms with Gasteiger partial charge in [-0.3, -0.25) is 4.79 Å². The summed E-state index contributed by atoms with van der Waals surface area (Å²) in [4.78, 5) is 12.5. The van der Waals surface area contributed by atoms with Crippen LogP contribution in [0.15, 0.2) is 18.2 Å². The van der Waals surface area contributed by atoms with Crippen LogP contribution in [0.5, 0.6) is 0 Å². The first-order valence-electron chi connectivity index (χ1n) is 9.08. The summed E-state index contributed by atoms with van der Waals surface area (Å²) in [5, 5.41) is 3.75. The van der Waals surface area contributed by atoms with Crippen LogP contribution < -0.4 is 5.32 Å². The lowest BCUT2D eigenvalue weighted by Gasteiger charge is -2.19. The lowest BCUT2D eigenvalue weighted by Crippen LogP contribution is -2.36. The van der Waals surface area contributed by atoms with Crippen molar-refractivity contribution >= 4 is 26.6 Å². The van der Waals surface area contributed by atoms with E-state index in [4.69, 9.17) is 4.74 Å². The number of sulfone groups is 1. The normalized spacial score (nSPS) is 12.5. The Balaban J connectivity index is 2.17. The smallest absolute Gasteiger partial charge is 0.251 e. The summed E-state index contributed by atoms with van der Waals surface area (Å²) in [6.07, 6.45) is 0. The maximum Gasteiger partial charge on any atom is 0.251 e. The lowest BCUT2D eigenvalue weighted by atomic mass is 10.1. The Morgan fingerprint density at radius 1 is 1.22 bits per heavy atom. The number of amides is 1. The Labute approximate surface area is 161 Å². The van der Waals surface area contributed by atoms with E-state index in [0.717, 1.165) is 28.7 Å². The van der Waals surface area contributed by atoms with Gasteiger partial charge in [0, 0.05) is 42.4 Å². The van der Waals surface area contributed by atoms with Gasteiger partial charge in [-0.1, -0.05) is 0 Å². The van der Waals surface area contributed by atoms with Crippen molar-refractivity contribution in [3.8, 4) is 0 Å². The van der Waals surface area contributed by atoms with Gasteiger partial charge in [-0.2, -0.15) is 0 Å². The molecule has 27 heavy (non-hydrogen) atoms. The predicted molar refractivity (Wildman–Crippen MR) is 109 cm³/mol. The number of nitrogens with one attached hydrogen (secondary N) is 1. The third-order valence-electron chi connectivity index (χ3n) is 5.01. The molecule has 0 saturated heterocycles. The fourth-order valence-electron chi connectivity index (χ4n) is 2.97. The minimum Gasteiger partial charge on any atom is -0.383 e. The van der Waals surface area contributed by atoms with E-state index in [1.165, 1.54) is 0 Å². The molecule has 150 valence electrons. The van der Waals surface area contributed by atoms with Crippen LogP contribution in [-0.4, -0.2) is 49.7 Å². The number of ether oxygens (including phenoxy) is 1. The average molecular weight is 395 g/mol.